The summed E-state index contributed by atoms with van der Waals surface area (Å²) in [6.45, 7) is 3.77. The predicted molar refractivity (Wildman–Crippen MR) is 37.5 cm³/mol. The van der Waals surface area contributed by atoms with Crippen LogP contribution in [0.3, 0.4) is 0 Å². The number of hydrogen-bond acceptors (Lipinski definition) is 2. The first-order valence-electron chi connectivity index (χ1n) is 3.77. The van der Waals surface area contributed by atoms with Crippen LogP contribution >= 0.6 is 0 Å². The molecule has 1 saturated heterocycles. The molecule has 3 heteroatoms. The smallest absolute Gasteiger partial charge is 0.217 e. The van der Waals surface area contributed by atoms with E-state index < -0.39 is 0 Å². The highest BCUT2D eigenvalue weighted by Crippen LogP contribution is 2.41. The zero-order valence-electron chi connectivity index (χ0n) is 6.05. The number of carbonyl (C=O) groups is 1. The molecule has 0 radical (unpaired) electrons. The van der Waals surface area contributed by atoms with Crippen molar-refractivity contribution in [2.24, 2.45) is 11.8 Å². The molecule has 2 rings (SSSR count). The lowest BCUT2D eigenvalue weighted by Crippen LogP contribution is -2.30. The van der Waals surface area contributed by atoms with Crippen molar-refractivity contribution < 1.29 is 4.79 Å². The molecule has 0 aromatic carbocycles. The Kier molecular flexibility index (Phi) is 1.20. The Morgan fingerprint density at radius 2 is 2.10 bits per heavy atom. The molecule has 1 saturated carbocycles. The number of fused-ring (bicyclic) bond motifs is 1. The number of rotatable bonds is 1. The van der Waals surface area contributed by atoms with E-state index in [-0.39, 0.29) is 5.91 Å². The van der Waals surface area contributed by atoms with Crippen molar-refractivity contribution in [3.8, 4) is 0 Å². The lowest BCUT2D eigenvalue weighted by Gasteiger charge is -2.03. The second-order valence-electron chi connectivity index (χ2n) is 3.21. The quantitative estimate of drug-likeness (QED) is 0.507. The van der Waals surface area contributed by atoms with E-state index in [4.69, 9.17) is 0 Å². The highest BCUT2D eigenvalue weighted by atomic mass is 16.1. The highest BCUT2D eigenvalue weighted by Gasteiger charge is 2.53. The highest BCUT2D eigenvalue weighted by molar-refractivity contribution is 5.73. The van der Waals surface area contributed by atoms with Gasteiger partial charge >= 0.3 is 0 Å². The van der Waals surface area contributed by atoms with E-state index in [0.717, 1.165) is 24.9 Å². The first kappa shape index (κ1) is 6.16. The SMILES string of the molecule is CC(=O)NC1C2CNCC21. The zero-order chi connectivity index (χ0) is 7.14. The fourth-order valence-corrected chi connectivity index (χ4v) is 1.87. The third-order valence-corrected chi connectivity index (χ3v) is 2.46. The van der Waals surface area contributed by atoms with Crippen LogP contribution in [0.1, 0.15) is 6.92 Å². The Hall–Kier alpha value is -0.570. The molecule has 1 amide bonds. The van der Waals surface area contributed by atoms with Crippen molar-refractivity contribution >= 4 is 5.91 Å². The van der Waals surface area contributed by atoms with Gasteiger partial charge in [-0.05, 0) is 11.8 Å². The van der Waals surface area contributed by atoms with Crippen LogP contribution in [0, 0.1) is 11.8 Å². The minimum Gasteiger partial charge on any atom is -0.353 e. The van der Waals surface area contributed by atoms with Gasteiger partial charge in [0.15, 0.2) is 0 Å². The summed E-state index contributed by atoms with van der Waals surface area (Å²) in [6, 6.07) is 0.499. The van der Waals surface area contributed by atoms with Gasteiger partial charge in [-0.25, -0.2) is 0 Å². The standard InChI is InChI=1S/C7H12N2O/c1-4(10)9-7-5-2-8-3-6(5)7/h5-8H,2-3H2,1H3,(H,9,10). The zero-order valence-corrected chi connectivity index (χ0v) is 6.05. The summed E-state index contributed by atoms with van der Waals surface area (Å²) in [5.41, 5.74) is 0. The normalized spacial score (nSPS) is 42.7. The van der Waals surface area contributed by atoms with Crippen LogP contribution in [0.15, 0.2) is 0 Å². The first-order chi connectivity index (χ1) is 4.79. The van der Waals surface area contributed by atoms with Crippen LogP contribution in [0.25, 0.3) is 0 Å². The molecule has 1 aliphatic heterocycles. The molecule has 2 unspecified atom stereocenters. The van der Waals surface area contributed by atoms with Gasteiger partial charge in [0, 0.05) is 26.1 Å². The average Bonchev–Trinajstić information content (AvgIpc) is 2.40. The Bertz CT molecular complexity index is 159. The van der Waals surface area contributed by atoms with E-state index in [0.29, 0.717) is 6.04 Å². The number of piperidine rings is 1. The molecule has 10 heavy (non-hydrogen) atoms. The third kappa shape index (κ3) is 0.814. The molecule has 0 aromatic heterocycles. The van der Waals surface area contributed by atoms with Crippen molar-refractivity contribution in [1.29, 1.82) is 0 Å². The van der Waals surface area contributed by atoms with Gasteiger partial charge < -0.3 is 10.6 Å². The van der Waals surface area contributed by atoms with Gasteiger partial charge in [0.25, 0.3) is 0 Å². The van der Waals surface area contributed by atoms with Gasteiger partial charge in [-0.2, -0.15) is 0 Å². The van der Waals surface area contributed by atoms with Crippen LogP contribution < -0.4 is 10.6 Å². The van der Waals surface area contributed by atoms with Crippen LogP contribution in [0.4, 0.5) is 0 Å². The van der Waals surface area contributed by atoms with Gasteiger partial charge in [-0.3, -0.25) is 4.79 Å². The molecule has 1 heterocycles. The monoisotopic (exact) mass is 140 g/mol. The molecule has 56 valence electrons. The molecular formula is C7H12N2O. The molecule has 1 aliphatic carbocycles. The van der Waals surface area contributed by atoms with Crippen molar-refractivity contribution in [3.63, 3.8) is 0 Å². The molecule has 3 nitrogen and oxygen atoms in total. The lowest BCUT2D eigenvalue weighted by atomic mass is 10.4. The fourth-order valence-electron chi connectivity index (χ4n) is 1.87. The van der Waals surface area contributed by atoms with E-state index in [2.05, 4.69) is 10.6 Å². The summed E-state index contributed by atoms with van der Waals surface area (Å²) >= 11 is 0. The molecular weight excluding hydrogens is 128 g/mol. The number of amides is 1. The Labute approximate surface area is 60.2 Å². The van der Waals surface area contributed by atoms with E-state index in [1.54, 1.807) is 6.92 Å². The van der Waals surface area contributed by atoms with Crippen molar-refractivity contribution in [2.45, 2.75) is 13.0 Å². The van der Waals surface area contributed by atoms with Gasteiger partial charge in [0.2, 0.25) is 5.91 Å². The summed E-state index contributed by atoms with van der Waals surface area (Å²) in [5.74, 6) is 1.59. The van der Waals surface area contributed by atoms with Gasteiger partial charge in [-0.1, -0.05) is 0 Å². The van der Waals surface area contributed by atoms with E-state index in [9.17, 15) is 4.79 Å². The maximum atomic E-state index is 10.6. The molecule has 0 spiro atoms. The second kappa shape index (κ2) is 1.95. The molecule has 0 bridgehead atoms. The van der Waals surface area contributed by atoms with Gasteiger partial charge in [0.1, 0.15) is 0 Å². The van der Waals surface area contributed by atoms with Gasteiger partial charge in [-0.15, -0.1) is 0 Å². The Morgan fingerprint density at radius 1 is 1.50 bits per heavy atom. The van der Waals surface area contributed by atoms with Gasteiger partial charge in [0.05, 0.1) is 0 Å². The molecule has 2 fully saturated rings. The largest absolute Gasteiger partial charge is 0.353 e. The van der Waals surface area contributed by atoms with E-state index in [1.807, 2.05) is 0 Å². The lowest BCUT2D eigenvalue weighted by molar-refractivity contribution is -0.119. The number of nitrogens with one attached hydrogen (secondary N) is 2. The summed E-state index contributed by atoms with van der Waals surface area (Å²) in [5, 5.41) is 6.21. The summed E-state index contributed by atoms with van der Waals surface area (Å²) < 4.78 is 0. The maximum absolute atomic E-state index is 10.6. The molecule has 2 aliphatic rings. The average molecular weight is 140 g/mol. The fraction of sp³-hybridized carbons (Fsp3) is 0.857. The molecule has 0 aromatic rings. The maximum Gasteiger partial charge on any atom is 0.217 e. The predicted octanol–water partition coefficient (Wildman–Crippen LogP) is -0.660. The van der Waals surface area contributed by atoms with Crippen LogP contribution in [0.5, 0.6) is 0 Å². The van der Waals surface area contributed by atoms with Crippen LogP contribution in [-0.4, -0.2) is 25.0 Å². The minimum absolute atomic E-state index is 0.111. The van der Waals surface area contributed by atoms with Crippen molar-refractivity contribution in [2.75, 3.05) is 13.1 Å². The summed E-state index contributed by atoms with van der Waals surface area (Å²) in [4.78, 5) is 10.6. The van der Waals surface area contributed by atoms with Crippen LogP contribution in [-0.2, 0) is 4.79 Å². The van der Waals surface area contributed by atoms with Crippen molar-refractivity contribution in [3.05, 3.63) is 0 Å². The molecule has 2 atom stereocenters. The minimum atomic E-state index is 0.111. The number of carbonyl (C=O) groups excluding carboxylic acids is 1. The topological polar surface area (TPSA) is 41.1 Å². The second-order valence-corrected chi connectivity index (χ2v) is 3.21. The molecule has 2 N–H and O–H groups in total. The summed E-state index contributed by atoms with van der Waals surface area (Å²) in [7, 11) is 0. The number of hydrogen-bond donors (Lipinski definition) is 2. The summed E-state index contributed by atoms with van der Waals surface area (Å²) in [6.07, 6.45) is 0. The first-order valence-corrected chi connectivity index (χ1v) is 3.77. The third-order valence-electron chi connectivity index (χ3n) is 2.46. The Balaban J connectivity index is 1.84. The van der Waals surface area contributed by atoms with E-state index in [1.165, 1.54) is 0 Å². The van der Waals surface area contributed by atoms with Crippen LogP contribution in [0.2, 0.25) is 0 Å². The van der Waals surface area contributed by atoms with Crippen molar-refractivity contribution in [1.82, 2.24) is 10.6 Å². The van der Waals surface area contributed by atoms with E-state index >= 15 is 0 Å². The Morgan fingerprint density at radius 3 is 2.60 bits per heavy atom.